The Bertz CT molecular complexity index is 340. The van der Waals surface area contributed by atoms with Crippen LogP contribution in [0.1, 0.15) is 44.9 Å². The smallest absolute Gasteiger partial charge is 0.306 e. The number of amides is 1. The van der Waals surface area contributed by atoms with Crippen molar-refractivity contribution in [1.29, 1.82) is 0 Å². The molecule has 5 heteroatoms. The first-order valence-corrected chi connectivity index (χ1v) is 7.87. The number of rotatable bonds is 6. The van der Waals surface area contributed by atoms with Gasteiger partial charge in [0, 0.05) is 13.0 Å². The summed E-state index contributed by atoms with van der Waals surface area (Å²) in [7, 11) is 0. The molecule has 1 heterocycles. The van der Waals surface area contributed by atoms with Crippen molar-refractivity contribution in [1.82, 2.24) is 10.6 Å². The van der Waals surface area contributed by atoms with Crippen molar-refractivity contribution in [3.63, 3.8) is 0 Å². The molecule has 0 spiro atoms. The molecule has 20 heavy (non-hydrogen) atoms. The second-order valence-corrected chi connectivity index (χ2v) is 6.19. The van der Waals surface area contributed by atoms with Crippen LogP contribution in [0.15, 0.2) is 0 Å². The average Bonchev–Trinajstić information content (AvgIpc) is 2.96. The van der Waals surface area contributed by atoms with E-state index < -0.39 is 5.97 Å². The van der Waals surface area contributed by atoms with E-state index in [0.29, 0.717) is 18.9 Å². The van der Waals surface area contributed by atoms with Crippen molar-refractivity contribution >= 4 is 11.9 Å². The van der Waals surface area contributed by atoms with Crippen LogP contribution in [0.3, 0.4) is 0 Å². The summed E-state index contributed by atoms with van der Waals surface area (Å²) >= 11 is 0. The highest BCUT2D eigenvalue weighted by molar-refractivity contribution is 5.76. The van der Waals surface area contributed by atoms with Gasteiger partial charge >= 0.3 is 5.97 Å². The number of carbonyl (C=O) groups excluding carboxylic acids is 1. The number of aliphatic carboxylic acids is 1. The molecule has 3 atom stereocenters. The Morgan fingerprint density at radius 2 is 2.00 bits per heavy atom. The molecule has 1 amide bonds. The second kappa shape index (κ2) is 7.62. The lowest BCUT2D eigenvalue weighted by atomic mass is 9.79. The zero-order valence-corrected chi connectivity index (χ0v) is 12.1. The number of carboxylic acid groups (broad SMARTS) is 1. The monoisotopic (exact) mass is 282 g/mol. The van der Waals surface area contributed by atoms with E-state index in [1.807, 2.05) is 0 Å². The van der Waals surface area contributed by atoms with Gasteiger partial charge < -0.3 is 15.7 Å². The van der Waals surface area contributed by atoms with Gasteiger partial charge in [0.1, 0.15) is 0 Å². The highest BCUT2D eigenvalue weighted by Gasteiger charge is 2.30. The molecule has 0 bridgehead atoms. The number of carbonyl (C=O) groups is 2. The van der Waals surface area contributed by atoms with Gasteiger partial charge in [0.05, 0.1) is 5.92 Å². The Balaban J connectivity index is 1.67. The molecule has 2 rings (SSSR count). The summed E-state index contributed by atoms with van der Waals surface area (Å²) in [6, 6.07) is 0. The molecule has 114 valence electrons. The molecule has 1 aliphatic carbocycles. The van der Waals surface area contributed by atoms with Crippen molar-refractivity contribution in [2.75, 3.05) is 19.6 Å². The molecule has 0 aromatic carbocycles. The molecule has 3 unspecified atom stereocenters. The Morgan fingerprint density at radius 3 is 2.70 bits per heavy atom. The van der Waals surface area contributed by atoms with Gasteiger partial charge in [-0.2, -0.15) is 0 Å². The van der Waals surface area contributed by atoms with Crippen LogP contribution in [0.5, 0.6) is 0 Å². The lowest BCUT2D eigenvalue weighted by Gasteiger charge is -2.28. The first kappa shape index (κ1) is 15.3. The molecule has 2 fully saturated rings. The normalized spacial score (nSPS) is 30.1. The van der Waals surface area contributed by atoms with Crippen LogP contribution < -0.4 is 10.6 Å². The van der Waals surface area contributed by atoms with Gasteiger partial charge in [-0.15, -0.1) is 0 Å². The minimum absolute atomic E-state index is 0.0756. The molecule has 1 saturated heterocycles. The van der Waals surface area contributed by atoms with Crippen LogP contribution in [-0.2, 0) is 9.59 Å². The van der Waals surface area contributed by atoms with E-state index in [-0.39, 0.29) is 17.7 Å². The standard InChI is InChI=1S/C15H26N2O3/c18-14(6-5-11-7-8-16-9-11)17-10-12-3-1-2-4-13(12)15(19)20/h11-13,16H,1-10H2,(H,17,18)(H,19,20). The van der Waals surface area contributed by atoms with E-state index in [4.69, 9.17) is 0 Å². The van der Waals surface area contributed by atoms with Crippen molar-refractivity contribution in [2.24, 2.45) is 17.8 Å². The maximum absolute atomic E-state index is 11.8. The average molecular weight is 282 g/mol. The molecular formula is C15H26N2O3. The topological polar surface area (TPSA) is 78.4 Å². The highest BCUT2D eigenvalue weighted by atomic mass is 16.4. The van der Waals surface area contributed by atoms with Gasteiger partial charge in [0.25, 0.3) is 0 Å². The van der Waals surface area contributed by atoms with E-state index in [0.717, 1.165) is 51.6 Å². The largest absolute Gasteiger partial charge is 0.481 e. The predicted octanol–water partition coefficient (Wildman–Crippen LogP) is 1.38. The highest BCUT2D eigenvalue weighted by Crippen LogP contribution is 2.29. The second-order valence-electron chi connectivity index (χ2n) is 6.19. The first-order chi connectivity index (χ1) is 9.66. The summed E-state index contributed by atoms with van der Waals surface area (Å²) in [6.45, 7) is 2.62. The third-order valence-electron chi connectivity index (χ3n) is 4.73. The minimum Gasteiger partial charge on any atom is -0.481 e. The zero-order valence-electron chi connectivity index (χ0n) is 12.1. The fourth-order valence-corrected chi connectivity index (χ4v) is 3.41. The van der Waals surface area contributed by atoms with E-state index in [9.17, 15) is 14.7 Å². The third kappa shape index (κ3) is 4.47. The summed E-state index contributed by atoms with van der Waals surface area (Å²) in [6.07, 6.45) is 6.42. The molecule has 5 nitrogen and oxygen atoms in total. The predicted molar refractivity (Wildman–Crippen MR) is 76.3 cm³/mol. The first-order valence-electron chi connectivity index (χ1n) is 7.87. The van der Waals surface area contributed by atoms with E-state index in [2.05, 4.69) is 10.6 Å². The number of hydrogen-bond donors (Lipinski definition) is 3. The van der Waals surface area contributed by atoms with Crippen LogP contribution in [0.4, 0.5) is 0 Å². The summed E-state index contributed by atoms with van der Waals surface area (Å²) < 4.78 is 0. The maximum atomic E-state index is 11.8. The van der Waals surface area contributed by atoms with E-state index >= 15 is 0 Å². The quantitative estimate of drug-likeness (QED) is 0.688. The molecule has 2 aliphatic rings. The molecule has 3 N–H and O–H groups in total. The van der Waals surface area contributed by atoms with Gasteiger partial charge in [-0.1, -0.05) is 12.8 Å². The summed E-state index contributed by atoms with van der Waals surface area (Å²) in [4.78, 5) is 23.0. The fourth-order valence-electron chi connectivity index (χ4n) is 3.41. The lowest BCUT2D eigenvalue weighted by molar-refractivity contribution is -0.145. The van der Waals surface area contributed by atoms with Gasteiger partial charge in [-0.3, -0.25) is 9.59 Å². The zero-order chi connectivity index (χ0) is 14.4. The Kier molecular flexibility index (Phi) is 5.83. The van der Waals surface area contributed by atoms with Crippen molar-refractivity contribution in [3.8, 4) is 0 Å². The number of nitrogens with one attached hydrogen (secondary N) is 2. The minimum atomic E-state index is -0.707. The van der Waals surface area contributed by atoms with Crippen molar-refractivity contribution in [3.05, 3.63) is 0 Å². The molecular weight excluding hydrogens is 256 g/mol. The number of carboxylic acids is 1. The molecule has 0 aromatic rings. The molecule has 1 aliphatic heterocycles. The molecule has 0 radical (unpaired) electrons. The van der Waals surface area contributed by atoms with Gasteiger partial charge in [-0.25, -0.2) is 0 Å². The van der Waals surface area contributed by atoms with Crippen molar-refractivity contribution in [2.45, 2.75) is 44.9 Å². The Labute approximate surface area is 120 Å². The van der Waals surface area contributed by atoms with Crippen LogP contribution in [0, 0.1) is 17.8 Å². The van der Waals surface area contributed by atoms with Gasteiger partial charge in [0.15, 0.2) is 0 Å². The summed E-state index contributed by atoms with van der Waals surface area (Å²) in [5, 5.41) is 15.4. The van der Waals surface area contributed by atoms with Crippen LogP contribution in [0.2, 0.25) is 0 Å². The summed E-state index contributed by atoms with van der Waals surface area (Å²) in [5.74, 6) is -0.170. The maximum Gasteiger partial charge on any atom is 0.306 e. The van der Waals surface area contributed by atoms with E-state index in [1.165, 1.54) is 0 Å². The van der Waals surface area contributed by atoms with Crippen LogP contribution >= 0.6 is 0 Å². The third-order valence-corrected chi connectivity index (χ3v) is 4.73. The van der Waals surface area contributed by atoms with Crippen LogP contribution in [-0.4, -0.2) is 36.6 Å². The number of hydrogen-bond acceptors (Lipinski definition) is 3. The molecule has 1 saturated carbocycles. The Hall–Kier alpha value is -1.10. The fraction of sp³-hybridized carbons (Fsp3) is 0.867. The molecule has 0 aromatic heterocycles. The van der Waals surface area contributed by atoms with Crippen molar-refractivity contribution < 1.29 is 14.7 Å². The Morgan fingerprint density at radius 1 is 1.20 bits per heavy atom. The van der Waals surface area contributed by atoms with Crippen LogP contribution in [0.25, 0.3) is 0 Å². The SMILES string of the molecule is O=C(CCC1CCNC1)NCC1CCCCC1C(=O)O. The van der Waals surface area contributed by atoms with Gasteiger partial charge in [-0.05, 0) is 50.6 Å². The van der Waals surface area contributed by atoms with Gasteiger partial charge in [0.2, 0.25) is 5.91 Å². The lowest BCUT2D eigenvalue weighted by Crippen LogP contribution is -2.37. The summed E-state index contributed by atoms with van der Waals surface area (Å²) in [5.41, 5.74) is 0. The van der Waals surface area contributed by atoms with E-state index in [1.54, 1.807) is 0 Å².